The zero-order valence-electron chi connectivity index (χ0n) is 22.1. The molecule has 0 N–H and O–H groups in total. The minimum absolute atomic E-state index is 0.0344. The lowest BCUT2D eigenvalue weighted by Crippen LogP contribution is -2.49. The third-order valence-corrected chi connectivity index (χ3v) is 7.43. The molecule has 0 spiro atoms. The maximum absolute atomic E-state index is 13.7. The van der Waals surface area contributed by atoms with Crippen LogP contribution in [0.25, 0.3) is 0 Å². The van der Waals surface area contributed by atoms with Gasteiger partial charge in [-0.3, -0.25) is 14.6 Å². The molecule has 2 aliphatic heterocycles. The summed E-state index contributed by atoms with van der Waals surface area (Å²) in [4.78, 5) is 18.4. The molecule has 3 aromatic carbocycles. The number of amides is 1. The standard InChI is InChI=1S/C31H36N4O2/c1-23-13-14-26(24(2)19-23)28-20-29(27-11-7-8-12-30(27)37-3)35(32-28)31(36)22-34-17-15-33(16-18-34)21-25-9-5-4-6-10-25/h4-14,19,29H,15-18,20-22H2,1-3H3. The van der Waals surface area contributed by atoms with Gasteiger partial charge in [-0.2, -0.15) is 5.10 Å². The van der Waals surface area contributed by atoms with Crippen LogP contribution in [-0.4, -0.2) is 66.3 Å². The summed E-state index contributed by atoms with van der Waals surface area (Å²) < 4.78 is 5.67. The van der Waals surface area contributed by atoms with E-state index in [1.165, 1.54) is 16.7 Å². The highest BCUT2D eigenvalue weighted by molar-refractivity contribution is 6.04. The number of carbonyl (C=O) groups is 1. The Balaban J connectivity index is 1.31. The Morgan fingerprint density at radius 2 is 1.62 bits per heavy atom. The van der Waals surface area contributed by atoms with Crippen LogP contribution in [0.2, 0.25) is 0 Å². The summed E-state index contributed by atoms with van der Waals surface area (Å²) in [7, 11) is 1.68. The molecule has 0 aliphatic carbocycles. The Kier molecular flexibility index (Phi) is 7.68. The fourth-order valence-corrected chi connectivity index (χ4v) is 5.44. The molecule has 192 valence electrons. The molecular weight excluding hydrogens is 460 g/mol. The number of aryl methyl sites for hydroxylation is 2. The van der Waals surface area contributed by atoms with Crippen molar-refractivity contribution in [2.24, 2.45) is 5.10 Å². The Bertz CT molecular complexity index is 1270. The van der Waals surface area contributed by atoms with Crippen LogP contribution in [-0.2, 0) is 11.3 Å². The quantitative estimate of drug-likeness (QED) is 0.471. The lowest BCUT2D eigenvalue weighted by atomic mass is 9.95. The van der Waals surface area contributed by atoms with E-state index in [2.05, 4.69) is 72.2 Å². The summed E-state index contributed by atoms with van der Waals surface area (Å²) in [5.41, 5.74) is 6.79. The Labute approximate surface area is 220 Å². The molecule has 0 bridgehead atoms. The molecule has 0 saturated carbocycles. The van der Waals surface area contributed by atoms with Crippen LogP contribution in [0.5, 0.6) is 5.75 Å². The van der Waals surface area contributed by atoms with Gasteiger partial charge in [0.05, 0.1) is 25.4 Å². The normalized spacial score (nSPS) is 18.6. The maximum Gasteiger partial charge on any atom is 0.257 e. The average molecular weight is 497 g/mol. The number of rotatable bonds is 7. The van der Waals surface area contributed by atoms with Crippen LogP contribution in [0.3, 0.4) is 0 Å². The highest BCUT2D eigenvalue weighted by atomic mass is 16.5. The summed E-state index contributed by atoms with van der Waals surface area (Å²) in [6.45, 7) is 9.19. The van der Waals surface area contributed by atoms with E-state index >= 15 is 0 Å². The molecule has 1 atom stereocenters. The van der Waals surface area contributed by atoms with Crippen molar-refractivity contribution in [1.29, 1.82) is 0 Å². The smallest absolute Gasteiger partial charge is 0.257 e. The number of nitrogens with zero attached hydrogens (tertiary/aromatic N) is 4. The average Bonchev–Trinajstić information content (AvgIpc) is 3.35. The number of para-hydroxylation sites is 1. The number of benzene rings is 3. The second kappa shape index (κ2) is 11.3. The lowest BCUT2D eigenvalue weighted by Gasteiger charge is -2.35. The van der Waals surface area contributed by atoms with Gasteiger partial charge >= 0.3 is 0 Å². The first-order valence-corrected chi connectivity index (χ1v) is 13.1. The van der Waals surface area contributed by atoms with E-state index in [0.29, 0.717) is 13.0 Å². The molecule has 1 fully saturated rings. The van der Waals surface area contributed by atoms with E-state index in [-0.39, 0.29) is 11.9 Å². The number of carbonyl (C=O) groups excluding carboxylic acids is 1. The van der Waals surface area contributed by atoms with Gasteiger partial charge < -0.3 is 4.74 Å². The van der Waals surface area contributed by atoms with Gasteiger partial charge in [0, 0.05) is 50.3 Å². The third-order valence-electron chi connectivity index (χ3n) is 7.43. The zero-order chi connectivity index (χ0) is 25.8. The summed E-state index contributed by atoms with van der Waals surface area (Å²) in [6, 6.07) is 24.8. The van der Waals surface area contributed by atoms with Gasteiger partial charge in [0.2, 0.25) is 0 Å². The Morgan fingerprint density at radius 3 is 2.35 bits per heavy atom. The van der Waals surface area contributed by atoms with E-state index in [0.717, 1.165) is 55.3 Å². The molecule has 6 nitrogen and oxygen atoms in total. The number of methoxy groups -OCH3 is 1. The second-order valence-electron chi connectivity index (χ2n) is 10.1. The fourth-order valence-electron chi connectivity index (χ4n) is 5.44. The fraction of sp³-hybridized carbons (Fsp3) is 0.355. The second-order valence-corrected chi connectivity index (χ2v) is 10.1. The van der Waals surface area contributed by atoms with Crippen LogP contribution in [0.4, 0.5) is 0 Å². The van der Waals surface area contributed by atoms with Gasteiger partial charge in [0.1, 0.15) is 5.75 Å². The van der Waals surface area contributed by atoms with Gasteiger partial charge in [-0.25, -0.2) is 5.01 Å². The van der Waals surface area contributed by atoms with Crippen molar-refractivity contribution in [3.8, 4) is 5.75 Å². The van der Waals surface area contributed by atoms with Crippen LogP contribution >= 0.6 is 0 Å². The van der Waals surface area contributed by atoms with E-state index in [1.54, 1.807) is 12.1 Å². The monoisotopic (exact) mass is 496 g/mol. The Hall–Kier alpha value is -3.48. The van der Waals surface area contributed by atoms with Gasteiger partial charge in [-0.1, -0.05) is 72.3 Å². The lowest BCUT2D eigenvalue weighted by molar-refractivity contribution is -0.134. The van der Waals surface area contributed by atoms with Crippen LogP contribution in [0, 0.1) is 13.8 Å². The van der Waals surface area contributed by atoms with Gasteiger partial charge in [0.15, 0.2) is 0 Å². The molecule has 1 unspecified atom stereocenters. The molecule has 1 saturated heterocycles. The van der Waals surface area contributed by atoms with Gasteiger partial charge in [-0.15, -0.1) is 0 Å². The largest absolute Gasteiger partial charge is 0.496 e. The van der Waals surface area contributed by atoms with E-state index in [4.69, 9.17) is 9.84 Å². The minimum Gasteiger partial charge on any atom is -0.496 e. The maximum atomic E-state index is 13.7. The first-order chi connectivity index (χ1) is 18.0. The van der Waals surface area contributed by atoms with Crippen molar-refractivity contribution < 1.29 is 9.53 Å². The highest BCUT2D eigenvalue weighted by Crippen LogP contribution is 2.38. The molecule has 2 aliphatic rings. The van der Waals surface area contributed by atoms with Crippen LogP contribution < -0.4 is 4.74 Å². The first-order valence-electron chi connectivity index (χ1n) is 13.1. The number of hydrazone groups is 1. The predicted octanol–water partition coefficient (Wildman–Crippen LogP) is 4.81. The summed E-state index contributed by atoms with van der Waals surface area (Å²) in [6.07, 6.45) is 0.668. The third kappa shape index (κ3) is 5.76. The molecule has 5 rings (SSSR count). The van der Waals surface area contributed by atoms with Gasteiger partial charge in [-0.05, 0) is 31.0 Å². The van der Waals surface area contributed by atoms with E-state index in [1.807, 2.05) is 24.3 Å². The molecule has 37 heavy (non-hydrogen) atoms. The van der Waals surface area contributed by atoms with Crippen molar-refractivity contribution in [3.63, 3.8) is 0 Å². The van der Waals surface area contributed by atoms with Gasteiger partial charge in [0.25, 0.3) is 5.91 Å². The first kappa shape index (κ1) is 25.2. The van der Waals surface area contributed by atoms with Crippen molar-refractivity contribution in [2.45, 2.75) is 32.9 Å². The van der Waals surface area contributed by atoms with Crippen molar-refractivity contribution in [2.75, 3.05) is 39.8 Å². The zero-order valence-corrected chi connectivity index (χ0v) is 22.1. The molecule has 0 aromatic heterocycles. The van der Waals surface area contributed by atoms with E-state index in [9.17, 15) is 4.79 Å². The molecule has 0 radical (unpaired) electrons. The number of hydrogen-bond donors (Lipinski definition) is 0. The van der Waals surface area contributed by atoms with Crippen molar-refractivity contribution >= 4 is 11.6 Å². The number of piperazine rings is 1. The SMILES string of the molecule is COc1ccccc1C1CC(c2ccc(C)cc2C)=NN1C(=O)CN1CCN(Cc2ccccc2)CC1. The topological polar surface area (TPSA) is 48.4 Å². The minimum atomic E-state index is -0.182. The van der Waals surface area contributed by atoms with E-state index < -0.39 is 0 Å². The molecular formula is C31H36N4O2. The molecule has 2 heterocycles. The number of ether oxygens (including phenoxy) is 1. The predicted molar refractivity (Wildman–Crippen MR) is 148 cm³/mol. The summed E-state index contributed by atoms with van der Waals surface area (Å²) >= 11 is 0. The molecule has 3 aromatic rings. The summed E-state index contributed by atoms with van der Waals surface area (Å²) in [5, 5.41) is 6.64. The number of hydrogen-bond acceptors (Lipinski definition) is 5. The molecule has 1 amide bonds. The van der Waals surface area contributed by atoms with Crippen LogP contribution in [0.15, 0.2) is 77.9 Å². The summed E-state index contributed by atoms with van der Waals surface area (Å²) in [5.74, 6) is 0.823. The Morgan fingerprint density at radius 1 is 0.919 bits per heavy atom. The van der Waals surface area contributed by atoms with Crippen molar-refractivity contribution in [3.05, 3.63) is 101 Å². The molecule has 6 heteroatoms. The van der Waals surface area contributed by atoms with Crippen molar-refractivity contribution in [1.82, 2.24) is 14.8 Å². The highest BCUT2D eigenvalue weighted by Gasteiger charge is 2.36. The van der Waals surface area contributed by atoms with Crippen LogP contribution in [0.1, 0.15) is 40.3 Å².